The SMILES string of the molecule is CN=C(NCCCOCC1CCOC1)N1CCOC(c2ccc(C)cc2C)C1. The van der Waals surface area contributed by atoms with Gasteiger partial charge in [-0.15, -0.1) is 0 Å². The van der Waals surface area contributed by atoms with E-state index < -0.39 is 0 Å². The van der Waals surface area contributed by atoms with Crippen LogP contribution in [0, 0.1) is 19.8 Å². The molecule has 0 amide bonds. The van der Waals surface area contributed by atoms with Crippen LogP contribution in [-0.2, 0) is 14.2 Å². The molecule has 2 heterocycles. The van der Waals surface area contributed by atoms with Gasteiger partial charge < -0.3 is 24.4 Å². The third-order valence-electron chi connectivity index (χ3n) is 5.48. The monoisotopic (exact) mass is 389 g/mol. The standard InChI is InChI=1S/C22H35N3O3/c1-17-5-6-20(18(2)13-17)21-14-25(9-12-28-21)22(23-3)24-8-4-10-26-15-19-7-11-27-16-19/h5-6,13,19,21H,4,7-12,14-16H2,1-3H3,(H,23,24). The highest BCUT2D eigenvalue weighted by molar-refractivity contribution is 5.80. The van der Waals surface area contributed by atoms with Gasteiger partial charge in [0.2, 0.25) is 0 Å². The molecule has 3 rings (SSSR count). The Morgan fingerprint density at radius 2 is 2.21 bits per heavy atom. The smallest absolute Gasteiger partial charge is 0.193 e. The van der Waals surface area contributed by atoms with E-state index in [2.05, 4.69) is 47.3 Å². The molecule has 1 aromatic carbocycles. The fourth-order valence-electron chi connectivity index (χ4n) is 3.89. The predicted octanol–water partition coefficient (Wildman–Crippen LogP) is 2.70. The summed E-state index contributed by atoms with van der Waals surface area (Å²) in [5.74, 6) is 1.53. The number of morpholine rings is 1. The molecule has 2 unspecified atom stereocenters. The largest absolute Gasteiger partial charge is 0.381 e. The van der Waals surface area contributed by atoms with Crippen molar-refractivity contribution < 1.29 is 14.2 Å². The minimum absolute atomic E-state index is 0.0878. The van der Waals surface area contributed by atoms with E-state index >= 15 is 0 Å². The fourth-order valence-corrected chi connectivity index (χ4v) is 3.89. The molecular formula is C22H35N3O3. The maximum Gasteiger partial charge on any atom is 0.193 e. The van der Waals surface area contributed by atoms with Gasteiger partial charge >= 0.3 is 0 Å². The lowest BCUT2D eigenvalue weighted by atomic mass is 10.00. The van der Waals surface area contributed by atoms with E-state index in [0.29, 0.717) is 12.5 Å². The molecule has 2 aliphatic rings. The topological polar surface area (TPSA) is 55.3 Å². The predicted molar refractivity (Wildman–Crippen MR) is 112 cm³/mol. The van der Waals surface area contributed by atoms with Crippen LogP contribution in [0.3, 0.4) is 0 Å². The van der Waals surface area contributed by atoms with Crippen LogP contribution in [0.25, 0.3) is 0 Å². The van der Waals surface area contributed by atoms with E-state index in [1.165, 1.54) is 16.7 Å². The lowest BCUT2D eigenvalue weighted by Crippen LogP contribution is -2.48. The van der Waals surface area contributed by atoms with Gasteiger partial charge in [0.05, 0.1) is 26.4 Å². The van der Waals surface area contributed by atoms with Crippen LogP contribution in [0.2, 0.25) is 0 Å². The molecule has 6 nitrogen and oxygen atoms in total. The van der Waals surface area contributed by atoms with E-state index in [-0.39, 0.29) is 6.10 Å². The Morgan fingerprint density at radius 3 is 2.96 bits per heavy atom. The Balaban J connectivity index is 1.42. The van der Waals surface area contributed by atoms with Crippen molar-refractivity contribution in [3.63, 3.8) is 0 Å². The van der Waals surface area contributed by atoms with Crippen molar-refractivity contribution in [1.29, 1.82) is 0 Å². The van der Waals surface area contributed by atoms with Crippen LogP contribution in [0.5, 0.6) is 0 Å². The van der Waals surface area contributed by atoms with Gasteiger partial charge in [0, 0.05) is 39.3 Å². The highest BCUT2D eigenvalue weighted by atomic mass is 16.5. The van der Waals surface area contributed by atoms with Crippen LogP contribution in [0.15, 0.2) is 23.2 Å². The zero-order valence-corrected chi connectivity index (χ0v) is 17.6. The number of aliphatic imine (C=N–C) groups is 1. The number of aryl methyl sites for hydroxylation is 2. The Kier molecular flexibility index (Phi) is 8.13. The molecule has 0 aliphatic carbocycles. The summed E-state index contributed by atoms with van der Waals surface area (Å²) in [4.78, 5) is 6.77. The maximum atomic E-state index is 6.06. The summed E-state index contributed by atoms with van der Waals surface area (Å²) < 4.78 is 17.2. The van der Waals surface area contributed by atoms with Gasteiger partial charge in [0.15, 0.2) is 5.96 Å². The van der Waals surface area contributed by atoms with Gasteiger partial charge in [0.25, 0.3) is 0 Å². The Bertz CT molecular complexity index is 644. The van der Waals surface area contributed by atoms with Crippen molar-refractivity contribution in [2.45, 2.75) is 32.8 Å². The summed E-state index contributed by atoms with van der Waals surface area (Å²) in [7, 11) is 1.85. The lowest BCUT2D eigenvalue weighted by molar-refractivity contribution is -0.00835. The lowest BCUT2D eigenvalue weighted by Gasteiger charge is -2.35. The average Bonchev–Trinajstić information content (AvgIpc) is 3.21. The van der Waals surface area contributed by atoms with E-state index in [4.69, 9.17) is 14.2 Å². The van der Waals surface area contributed by atoms with Crippen molar-refractivity contribution >= 4 is 5.96 Å². The molecule has 0 spiro atoms. The summed E-state index contributed by atoms with van der Waals surface area (Å²) in [6, 6.07) is 6.58. The Labute approximate surface area is 169 Å². The summed E-state index contributed by atoms with van der Waals surface area (Å²) in [6.07, 6.45) is 2.19. The maximum absolute atomic E-state index is 6.06. The molecular weight excluding hydrogens is 354 g/mol. The van der Waals surface area contributed by atoms with Crippen molar-refractivity contribution in [2.24, 2.45) is 10.9 Å². The molecule has 156 valence electrons. The van der Waals surface area contributed by atoms with Crippen LogP contribution < -0.4 is 5.32 Å². The quantitative estimate of drug-likeness (QED) is 0.441. The van der Waals surface area contributed by atoms with Crippen molar-refractivity contribution in [3.05, 3.63) is 34.9 Å². The van der Waals surface area contributed by atoms with Gasteiger partial charge in [0.1, 0.15) is 6.10 Å². The minimum atomic E-state index is 0.0878. The van der Waals surface area contributed by atoms with Gasteiger partial charge in [-0.1, -0.05) is 23.8 Å². The highest BCUT2D eigenvalue weighted by Gasteiger charge is 2.25. The zero-order valence-electron chi connectivity index (χ0n) is 17.6. The van der Waals surface area contributed by atoms with Crippen molar-refractivity contribution in [2.75, 3.05) is 59.7 Å². The van der Waals surface area contributed by atoms with Gasteiger partial charge in [-0.05, 0) is 37.8 Å². The van der Waals surface area contributed by atoms with Crippen LogP contribution in [0.4, 0.5) is 0 Å². The number of ether oxygens (including phenoxy) is 3. The molecule has 1 aromatic rings. The first-order valence-corrected chi connectivity index (χ1v) is 10.5. The first-order valence-electron chi connectivity index (χ1n) is 10.5. The third-order valence-corrected chi connectivity index (χ3v) is 5.48. The molecule has 6 heteroatoms. The van der Waals surface area contributed by atoms with E-state index in [1.54, 1.807) is 0 Å². The second-order valence-corrected chi connectivity index (χ2v) is 7.80. The summed E-state index contributed by atoms with van der Waals surface area (Å²) in [5.41, 5.74) is 3.85. The van der Waals surface area contributed by atoms with Gasteiger partial charge in [-0.2, -0.15) is 0 Å². The molecule has 2 aliphatic heterocycles. The van der Waals surface area contributed by atoms with Gasteiger partial charge in [-0.3, -0.25) is 4.99 Å². The van der Waals surface area contributed by atoms with Crippen molar-refractivity contribution in [1.82, 2.24) is 10.2 Å². The molecule has 0 saturated carbocycles. The molecule has 0 bridgehead atoms. The molecule has 2 atom stereocenters. The Hall–Kier alpha value is -1.63. The molecule has 2 saturated heterocycles. The van der Waals surface area contributed by atoms with E-state index in [0.717, 1.165) is 64.9 Å². The van der Waals surface area contributed by atoms with E-state index in [1.807, 2.05) is 7.05 Å². The number of rotatable bonds is 7. The average molecular weight is 390 g/mol. The first-order chi connectivity index (χ1) is 13.7. The summed E-state index contributed by atoms with van der Waals surface area (Å²) in [5, 5.41) is 3.48. The first kappa shape index (κ1) is 21.1. The fraction of sp³-hybridized carbons (Fsp3) is 0.682. The van der Waals surface area contributed by atoms with Crippen LogP contribution >= 0.6 is 0 Å². The molecule has 28 heavy (non-hydrogen) atoms. The number of nitrogens with zero attached hydrogens (tertiary/aromatic N) is 2. The number of guanidine groups is 1. The number of hydrogen-bond acceptors (Lipinski definition) is 4. The minimum Gasteiger partial charge on any atom is -0.381 e. The summed E-state index contributed by atoms with van der Waals surface area (Å²) >= 11 is 0. The molecule has 1 N–H and O–H groups in total. The molecule has 2 fully saturated rings. The number of hydrogen-bond donors (Lipinski definition) is 1. The highest BCUT2D eigenvalue weighted by Crippen LogP contribution is 2.25. The second-order valence-electron chi connectivity index (χ2n) is 7.80. The number of benzene rings is 1. The summed E-state index contributed by atoms with van der Waals surface area (Å²) in [6.45, 7) is 10.9. The second kappa shape index (κ2) is 10.8. The molecule has 0 aromatic heterocycles. The normalized spacial score (nSPS) is 23.2. The van der Waals surface area contributed by atoms with Crippen LogP contribution in [-0.4, -0.2) is 70.6 Å². The third kappa shape index (κ3) is 5.93. The van der Waals surface area contributed by atoms with Gasteiger partial charge in [-0.25, -0.2) is 0 Å². The molecule has 0 radical (unpaired) electrons. The van der Waals surface area contributed by atoms with Crippen LogP contribution in [0.1, 0.15) is 35.6 Å². The number of nitrogens with one attached hydrogen (secondary N) is 1. The Morgan fingerprint density at radius 1 is 1.32 bits per heavy atom. The van der Waals surface area contributed by atoms with Crippen molar-refractivity contribution in [3.8, 4) is 0 Å². The zero-order chi connectivity index (χ0) is 19.8. The van der Waals surface area contributed by atoms with E-state index in [9.17, 15) is 0 Å².